The first-order chi connectivity index (χ1) is 9.72. The third kappa shape index (κ3) is 3.90. The second-order valence-corrected chi connectivity index (χ2v) is 6.03. The lowest BCUT2D eigenvalue weighted by Crippen LogP contribution is -2.41. The van der Waals surface area contributed by atoms with Gasteiger partial charge in [0.25, 0.3) is 0 Å². The summed E-state index contributed by atoms with van der Waals surface area (Å²) in [6.07, 6.45) is 4.25. The summed E-state index contributed by atoms with van der Waals surface area (Å²) in [5, 5.41) is 15.8. The highest BCUT2D eigenvalue weighted by atomic mass is 32.2. The van der Waals surface area contributed by atoms with Crippen molar-refractivity contribution in [3.05, 3.63) is 35.4 Å². The minimum atomic E-state index is -0.533. The Kier molecular flexibility index (Phi) is 5.73. The van der Waals surface area contributed by atoms with E-state index in [1.807, 2.05) is 36.0 Å². The van der Waals surface area contributed by atoms with Gasteiger partial charge in [-0.15, -0.1) is 0 Å². The molecule has 20 heavy (non-hydrogen) atoms. The maximum atomic E-state index is 11.8. The Balaban J connectivity index is 1.80. The van der Waals surface area contributed by atoms with Crippen LogP contribution in [0.15, 0.2) is 24.3 Å². The van der Waals surface area contributed by atoms with Crippen LogP contribution >= 0.6 is 11.8 Å². The second kappa shape index (κ2) is 7.55. The Morgan fingerprint density at radius 2 is 2.20 bits per heavy atom. The first-order valence-corrected chi connectivity index (χ1v) is 8.41. The molecule has 0 aliphatic heterocycles. The highest BCUT2D eigenvalue weighted by Gasteiger charge is 2.31. The fraction of sp³-hybridized carbons (Fsp3) is 0.533. The molecule has 0 radical (unpaired) electrons. The number of thioether (sulfide) groups is 1. The van der Waals surface area contributed by atoms with Crippen molar-refractivity contribution in [3.63, 3.8) is 0 Å². The fourth-order valence-corrected chi connectivity index (χ4v) is 3.01. The zero-order valence-corrected chi connectivity index (χ0v) is 12.6. The fourth-order valence-electron chi connectivity index (χ4n) is 2.51. The third-order valence-electron chi connectivity index (χ3n) is 3.55. The molecular formula is C15H22N2O2S. The molecule has 0 saturated carbocycles. The molecule has 1 aliphatic carbocycles. The van der Waals surface area contributed by atoms with E-state index in [1.54, 1.807) is 0 Å². The Morgan fingerprint density at radius 3 is 3.00 bits per heavy atom. The van der Waals surface area contributed by atoms with Crippen molar-refractivity contribution in [2.24, 2.45) is 0 Å². The molecule has 2 amide bonds. The summed E-state index contributed by atoms with van der Waals surface area (Å²) in [6, 6.07) is 7.37. The Labute approximate surface area is 124 Å². The first-order valence-electron chi connectivity index (χ1n) is 7.01. The zero-order valence-electron chi connectivity index (χ0n) is 11.8. The minimum absolute atomic E-state index is 0.199. The molecule has 2 rings (SSSR count). The average molecular weight is 294 g/mol. The van der Waals surface area contributed by atoms with E-state index in [0.29, 0.717) is 13.0 Å². The van der Waals surface area contributed by atoms with Crippen molar-refractivity contribution in [1.29, 1.82) is 0 Å². The summed E-state index contributed by atoms with van der Waals surface area (Å²) in [7, 11) is 0. The number of urea groups is 1. The average Bonchev–Trinajstić information content (AvgIpc) is 2.75. The number of rotatable bonds is 6. The van der Waals surface area contributed by atoms with E-state index < -0.39 is 6.10 Å². The van der Waals surface area contributed by atoms with Crippen LogP contribution in [-0.2, 0) is 6.42 Å². The van der Waals surface area contributed by atoms with Crippen LogP contribution in [0, 0.1) is 0 Å². The molecular weight excluding hydrogens is 272 g/mol. The van der Waals surface area contributed by atoms with Crippen molar-refractivity contribution in [1.82, 2.24) is 10.6 Å². The summed E-state index contributed by atoms with van der Waals surface area (Å²) in [5.41, 5.74) is 2.14. The quantitative estimate of drug-likeness (QED) is 0.704. The second-order valence-electron chi connectivity index (χ2n) is 5.05. The van der Waals surface area contributed by atoms with Crippen LogP contribution in [0.3, 0.4) is 0 Å². The zero-order chi connectivity index (χ0) is 14.4. The highest BCUT2D eigenvalue weighted by Crippen LogP contribution is 2.30. The van der Waals surface area contributed by atoms with E-state index in [4.69, 9.17) is 0 Å². The lowest BCUT2D eigenvalue weighted by Gasteiger charge is -2.18. The Morgan fingerprint density at radius 1 is 1.40 bits per heavy atom. The summed E-state index contributed by atoms with van der Waals surface area (Å²) in [6.45, 7) is 0.677. The van der Waals surface area contributed by atoms with Gasteiger partial charge in [0.1, 0.15) is 0 Å². The maximum absolute atomic E-state index is 11.8. The normalized spacial score (nSPS) is 20.5. The van der Waals surface area contributed by atoms with Crippen LogP contribution < -0.4 is 10.6 Å². The summed E-state index contributed by atoms with van der Waals surface area (Å²) < 4.78 is 0. The molecule has 5 heteroatoms. The van der Waals surface area contributed by atoms with E-state index in [2.05, 4.69) is 16.9 Å². The molecule has 2 unspecified atom stereocenters. The number of carbonyl (C=O) groups is 1. The number of amides is 2. The van der Waals surface area contributed by atoms with Gasteiger partial charge in [0, 0.05) is 13.0 Å². The van der Waals surface area contributed by atoms with Gasteiger partial charge in [0.05, 0.1) is 12.1 Å². The van der Waals surface area contributed by atoms with Crippen LogP contribution in [0.2, 0.25) is 0 Å². The summed E-state index contributed by atoms with van der Waals surface area (Å²) >= 11 is 1.82. The van der Waals surface area contributed by atoms with Gasteiger partial charge in [-0.05, 0) is 36.0 Å². The molecule has 110 valence electrons. The first kappa shape index (κ1) is 15.2. The third-order valence-corrected chi connectivity index (χ3v) is 4.25. The van der Waals surface area contributed by atoms with E-state index in [9.17, 15) is 9.90 Å². The van der Waals surface area contributed by atoms with Gasteiger partial charge < -0.3 is 15.7 Å². The number of aliphatic hydroxyl groups excluding tert-OH is 1. The number of hydrogen-bond donors (Lipinski definition) is 3. The van der Waals surface area contributed by atoms with Crippen molar-refractivity contribution < 1.29 is 9.90 Å². The molecule has 1 aromatic rings. The molecule has 0 heterocycles. The van der Waals surface area contributed by atoms with Gasteiger partial charge in [-0.3, -0.25) is 0 Å². The monoisotopic (exact) mass is 294 g/mol. The van der Waals surface area contributed by atoms with Gasteiger partial charge in [-0.1, -0.05) is 24.3 Å². The van der Waals surface area contributed by atoms with Gasteiger partial charge in [0.15, 0.2) is 0 Å². The Hall–Kier alpha value is -1.20. The number of hydrogen-bond acceptors (Lipinski definition) is 3. The number of aliphatic hydroxyl groups is 1. The molecule has 3 N–H and O–H groups in total. The van der Waals surface area contributed by atoms with Gasteiger partial charge >= 0.3 is 6.03 Å². The highest BCUT2D eigenvalue weighted by molar-refractivity contribution is 7.98. The minimum Gasteiger partial charge on any atom is -0.390 e. The number of benzene rings is 1. The SMILES string of the molecule is CSCCCCNC(=O)NC1c2ccccc2CC1O. The van der Waals surface area contributed by atoms with Crippen LogP contribution in [0.5, 0.6) is 0 Å². The van der Waals surface area contributed by atoms with Crippen LogP contribution in [0.25, 0.3) is 0 Å². The molecule has 0 aromatic heterocycles. The van der Waals surface area contributed by atoms with Crippen LogP contribution in [0.1, 0.15) is 30.0 Å². The molecule has 2 atom stereocenters. The van der Waals surface area contributed by atoms with Crippen molar-refractivity contribution in [3.8, 4) is 0 Å². The number of carbonyl (C=O) groups excluding carboxylic acids is 1. The number of nitrogens with one attached hydrogen (secondary N) is 2. The molecule has 0 spiro atoms. The molecule has 0 bridgehead atoms. The van der Waals surface area contributed by atoms with E-state index in [0.717, 1.165) is 29.7 Å². The van der Waals surface area contributed by atoms with E-state index >= 15 is 0 Å². The van der Waals surface area contributed by atoms with E-state index in [-0.39, 0.29) is 12.1 Å². The number of fused-ring (bicyclic) bond motifs is 1. The lowest BCUT2D eigenvalue weighted by atomic mass is 10.1. The largest absolute Gasteiger partial charge is 0.390 e. The van der Waals surface area contributed by atoms with Crippen LogP contribution in [-0.4, -0.2) is 35.8 Å². The van der Waals surface area contributed by atoms with Crippen LogP contribution in [0.4, 0.5) is 4.79 Å². The van der Waals surface area contributed by atoms with Crippen molar-refractivity contribution in [2.75, 3.05) is 18.6 Å². The van der Waals surface area contributed by atoms with Crippen molar-refractivity contribution in [2.45, 2.75) is 31.4 Å². The Bertz CT molecular complexity index is 453. The predicted molar refractivity (Wildman–Crippen MR) is 83.0 cm³/mol. The standard InChI is InChI=1S/C15H22N2O2S/c1-20-9-5-4-8-16-15(19)17-14-12-7-3-2-6-11(12)10-13(14)18/h2-3,6-7,13-14,18H,4-5,8-10H2,1H3,(H2,16,17,19). The molecule has 4 nitrogen and oxygen atoms in total. The smallest absolute Gasteiger partial charge is 0.315 e. The molecule has 1 aromatic carbocycles. The van der Waals surface area contributed by atoms with E-state index in [1.165, 1.54) is 0 Å². The van der Waals surface area contributed by atoms with Gasteiger partial charge in [-0.2, -0.15) is 11.8 Å². The number of unbranched alkanes of at least 4 members (excludes halogenated alkanes) is 1. The van der Waals surface area contributed by atoms with Gasteiger partial charge in [0.2, 0.25) is 0 Å². The van der Waals surface area contributed by atoms with Gasteiger partial charge in [-0.25, -0.2) is 4.79 Å². The summed E-state index contributed by atoms with van der Waals surface area (Å²) in [4.78, 5) is 11.8. The lowest BCUT2D eigenvalue weighted by molar-refractivity contribution is 0.142. The maximum Gasteiger partial charge on any atom is 0.315 e. The summed E-state index contributed by atoms with van der Waals surface area (Å²) in [5.74, 6) is 1.12. The van der Waals surface area contributed by atoms with Crippen molar-refractivity contribution >= 4 is 17.8 Å². The predicted octanol–water partition coefficient (Wildman–Crippen LogP) is 2.09. The molecule has 1 aliphatic rings. The topological polar surface area (TPSA) is 61.4 Å². The molecule has 0 saturated heterocycles. The molecule has 0 fully saturated rings.